The molecule has 0 rings (SSSR count). The maximum absolute atomic E-state index is 11.4. The van der Waals surface area contributed by atoms with E-state index in [1.165, 1.54) is 89.9 Å². The summed E-state index contributed by atoms with van der Waals surface area (Å²) >= 11 is 0. The van der Waals surface area contributed by atoms with E-state index in [9.17, 15) is 4.79 Å². The Labute approximate surface area is 152 Å². The van der Waals surface area contributed by atoms with E-state index >= 15 is 0 Å². The van der Waals surface area contributed by atoms with Crippen LogP contribution in [-0.4, -0.2) is 12.6 Å². The molecule has 24 heavy (non-hydrogen) atoms. The van der Waals surface area contributed by atoms with Gasteiger partial charge in [0.1, 0.15) is 0 Å². The molecule has 1 unspecified atom stereocenters. The highest BCUT2D eigenvalue weighted by molar-refractivity contribution is 5.69. The largest absolute Gasteiger partial charge is 0.466 e. The second-order valence-electron chi connectivity index (χ2n) is 7.32. The SMILES string of the molecule is CCCCCCCCCC(CCCCC)CCCCC(=O)OCC. The molecule has 0 saturated carbocycles. The Balaban J connectivity index is 3.77. The van der Waals surface area contributed by atoms with Crippen molar-refractivity contribution < 1.29 is 9.53 Å². The van der Waals surface area contributed by atoms with Crippen LogP contribution in [0.2, 0.25) is 0 Å². The van der Waals surface area contributed by atoms with Gasteiger partial charge in [0, 0.05) is 6.42 Å². The minimum atomic E-state index is -0.0212. The Bertz CT molecular complexity index is 263. The van der Waals surface area contributed by atoms with Crippen molar-refractivity contribution in [2.24, 2.45) is 5.92 Å². The fourth-order valence-electron chi connectivity index (χ4n) is 3.44. The Hall–Kier alpha value is -0.530. The van der Waals surface area contributed by atoms with Crippen molar-refractivity contribution in [3.63, 3.8) is 0 Å². The number of hydrogen-bond acceptors (Lipinski definition) is 2. The summed E-state index contributed by atoms with van der Waals surface area (Å²) in [6, 6.07) is 0. The quantitative estimate of drug-likeness (QED) is 0.191. The van der Waals surface area contributed by atoms with Crippen LogP contribution in [0.25, 0.3) is 0 Å². The van der Waals surface area contributed by atoms with E-state index in [0.29, 0.717) is 13.0 Å². The predicted octanol–water partition coefficient (Wildman–Crippen LogP) is 7.45. The summed E-state index contributed by atoms with van der Waals surface area (Å²) in [6.07, 6.45) is 20.8. The van der Waals surface area contributed by atoms with Gasteiger partial charge in [-0.3, -0.25) is 4.79 Å². The van der Waals surface area contributed by atoms with E-state index in [0.717, 1.165) is 12.3 Å². The number of unbranched alkanes of at least 4 members (excludes halogenated alkanes) is 9. The average molecular weight is 341 g/mol. The fraction of sp³-hybridized carbons (Fsp3) is 0.955. The minimum absolute atomic E-state index is 0.0212. The van der Waals surface area contributed by atoms with E-state index in [-0.39, 0.29) is 5.97 Å². The lowest BCUT2D eigenvalue weighted by Gasteiger charge is -2.16. The molecule has 2 nitrogen and oxygen atoms in total. The number of hydrogen-bond donors (Lipinski definition) is 0. The lowest BCUT2D eigenvalue weighted by Crippen LogP contribution is -2.05. The average Bonchev–Trinajstić information content (AvgIpc) is 2.57. The van der Waals surface area contributed by atoms with E-state index in [1.807, 2.05) is 6.92 Å². The highest BCUT2D eigenvalue weighted by Gasteiger charge is 2.09. The topological polar surface area (TPSA) is 26.3 Å². The standard InChI is InChI=1S/C22H44O2/c1-4-7-9-10-11-12-14-18-21(17-13-8-5-2)19-15-16-20-22(23)24-6-3/h21H,4-20H2,1-3H3. The molecule has 0 saturated heterocycles. The maximum Gasteiger partial charge on any atom is 0.305 e. The van der Waals surface area contributed by atoms with Gasteiger partial charge >= 0.3 is 5.97 Å². The summed E-state index contributed by atoms with van der Waals surface area (Å²) in [7, 11) is 0. The molecule has 0 aromatic carbocycles. The van der Waals surface area contributed by atoms with E-state index in [1.54, 1.807) is 0 Å². The second kappa shape index (κ2) is 18.8. The van der Waals surface area contributed by atoms with Crippen LogP contribution in [0.1, 0.15) is 124 Å². The molecule has 0 N–H and O–H groups in total. The molecule has 0 aliphatic heterocycles. The van der Waals surface area contributed by atoms with Gasteiger partial charge in [0.2, 0.25) is 0 Å². The zero-order valence-corrected chi connectivity index (χ0v) is 16.9. The van der Waals surface area contributed by atoms with Crippen LogP contribution in [0.15, 0.2) is 0 Å². The van der Waals surface area contributed by atoms with Crippen LogP contribution in [0, 0.1) is 5.92 Å². The molecular weight excluding hydrogens is 296 g/mol. The molecule has 0 aliphatic carbocycles. The third-order valence-electron chi connectivity index (χ3n) is 4.98. The first-order valence-corrected chi connectivity index (χ1v) is 10.9. The first-order valence-electron chi connectivity index (χ1n) is 10.9. The molecule has 0 heterocycles. The van der Waals surface area contributed by atoms with Crippen molar-refractivity contribution in [3.8, 4) is 0 Å². The molecular formula is C22H44O2. The fourth-order valence-corrected chi connectivity index (χ4v) is 3.44. The number of esters is 1. The molecule has 144 valence electrons. The molecule has 0 aromatic rings. The van der Waals surface area contributed by atoms with E-state index < -0.39 is 0 Å². The monoisotopic (exact) mass is 340 g/mol. The highest BCUT2D eigenvalue weighted by atomic mass is 16.5. The second-order valence-corrected chi connectivity index (χ2v) is 7.32. The predicted molar refractivity (Wildman–Crippen MR) is 105 cm³/mol. The maximum atomic E-state index is 11.4. The van der Waals surface area contributed by atoms with Crippen LogP contribution in [0.4, 0.5) is 0 Å². The van der Waals surface area contributed by atoms with Crippen molar-refractivity contribution in [2.75, 3.05) is 6.61 Å². The number of ether oxygens (including phenoxy) is 1. The molecule has 0 fully saturated rings. The number of carbonyl (C=O) groups is 1. The third-order valence-corrected chi connectivity index (χ3v) is 4.98. The van der Waals surface area contributed by atoms with Crippen LogP contribution in [0.3, 0.4) is 0 Å². The van der Waals surface area contributed by atoms with Gasteiger partial charge in [0.25, 0.3) is 0 Å². The van der Waals surface area contributed by atoms with Gasteiger partial charge in [-0.1, -0.05) is 104 Å². The molecule has 2 heteroatoms. The Morgan fingerprint density at radius 1 is 0.667 bits per heavy atom. The lowest BCUT2D eigenvalue weighted by atomic mass is 9.90. The van der Waals surface area contributed by atoms with E-state index in [2.05, 4.69) is 13.8 Å². The van der Waals surface area contributed by atoms with Crippen LogP contribution >= 0.6 is 0 Å². The van der Waals surface area contributed by atoms with Gasteiger partial charge in [-0.05, 0) is 19.3 Å². The first kappa shape index (κ1) is 23.5. The van der Waals surface area contributed by atoms with Crippen LogP contribution < -0.4 is 0 Å². The van der Waals surface area contributed by atoms with Gasteiger partial charge in [-0.25, -0.2) is 0 Å². The molecule has 0 aliphatic rings. The molecule has 0 bridgehead atoms. The van der Waals surface area contributed by atoms with Gasteiger partial charge in [-0.2, -0.15) is 0 Å². The van der Waals surface area contributed by atoms with Gasteiger partial charge in [0.05, 0.1) is 6.61 Å². The summed E-state index contributed by atoms with van der Waals surface area (Å²) in [5.74, 6) is 0.862. The lowest BCUT2D eigenvalue weighted by molar-refractivity contribution is -0.143. The van der Waals surface area contributed by atoms with Crippen molar-refractivity contribution in [2.45, 2.75) is 124 Å². The summed E-state index contributed by atoms with van der Waals surface area (Å²) in [4.78, 5) is 11.4. The Kier molecular flexibility index (Phi) is 18.4. The summed E-state index contributed by atoms with van der Waals surface area (Å²) in [6.45, 7) is 6.95. The first-order chi connectivity index (χ1) is 11.7. The normalized spacial score (nSPS) is 12.3. The number of carbonyl (C=O) groups excluding carboxylic acids is 1. The molecule has 0 amide bonds. The smallest absolute Gasteiger partial charge is 0.305 e. The van der Waals surface area contributed by atoms with Gasteiger partial charge in [-0.15, -0.1) is 0 Å². The van der Waals surface area contributed by atoms with Crippen LogP contribution in [-0.2, 0) is 9.53 Å². The summed E-state index contributed by atoms with van der Waals surface area (Å²) in [5.41, 5.74) is 0. The van der Waals surface area contributed by atoms with Crippen molar-refractivity contribution >= 4 is 5.97 Å². The molecule has 0 radical (unpaired) electrons. The van der Waals surface area contributed by atoms with Crippen molar-refractivity contribution in [3.05, 3.63) is 0 Å². The van der Waals surface area contributed by atoms with Gasteiger partial charge < -0.3 is 4.74 Å². The van der Waals surface area contributed by atoms with Crippen LogP contribution in [0.5, 0.6) is 0 Å². The zero-order chi connectivity index (χ0) is 17.9. The number of rotatable bonds is 18. The summed E-state index contributed by atoms with van der Waals surface area (Å²) < 4.78 is 5.01. The minimum Gasteiger partial charge on any atom is -0.466 e. The Morgan fingerprint density at radius 2 is 1.12 bits per heavy atom. The third kappa shape index (κ3) is 16.3. The van der Waals surface area contributed by atoms with Crippen molar-refractivity contribution in [1.82, 2.24) is 0 Å². The molecule has 1 atom stereocenters. The highest BCUT2D eigenvalue weighted by Crippen LogP contribution is 2.24. The van der Waals surface area contributed by atoms with Crippen molar-refractivity contribution in [1.29, 1.82) is 0 Å². The molecule has 0 aromatic heterocycles. The summed E-state index contributed by atoms with van der Waals surface area (Å²) in [5, 5.41) is 0. The zero-order valence-electron chi connectivity index (χ0n) is 16.9. The Morgan fingerprint density at radius 3 is 1.71 bits per heavy atom. The van der Waals surface area contributed by atoms with Gasteiger partial charge in [0.15, 0.2) is 0 Å². The van der Waals surface area contributed by atoms with E-state index in [4.69, 9.17) is 4.74 Å². The molecule has 0 spiro atoms.